The first-order valence-electron chi connectivity index (χ1n) is 6.08. The summed E-state index contributed by atoms with van der Waals surface area (Å²) in [5, 5.41) is 4.08. The highest BCUT2D eigenvalue weighted by atomic mass is 35.5. The minimum absolute atomic E-state index is 0. The van der Waals surface area contributed by atoms with Crippen LogP contribution in [0.15, 0.2) is 12.4 Å². The standard InChI is InChI=1S/C12H22N4O3.ClH/c1-15-7-10(6-14-15)8-16(4-5-18-2)12(17)11(13)9-19-3;/h6-7,11H,4-5,8-9,13H2,1-3H3;1H/t11-;/m0./s1. The monoisotopic (exact) mass is 306 g/mol. The highest BCUT2D eigenvalue weighted by Crippen LogP contribution is 2.05. The summed E-state index contributed by atoms with van der Waals surface area (Å²) in [5.41, 5.74) is 6.74. The van der Waals surface area contributed by atoms with E-state index < -0.39 is 6.04 Å². The molecule has 0 saturated carbocycles. The fourth-order valence-electron chi connectivity index (χ4n) is 1.73. The summed E-state index contributed by atoms with van der Waals surface area (Å²) in [6.45, 7) is 1.62. The molecule has 0 bridgehead atoms. The molecule has 0 radical (unpaired) electrons. The highest BCUT2D eigenvalue weighted by Gasteiger charge is 2.21. The van der Waals surface area contributed by atoms with Crippen LogP contribution < -0.4 is 5.73 Å². The van der Waals surface area contributed by atoms with E-state index in [4.69, 9.17) is 15.2 Å². The zero-order valence-corrected chi connectivity index (χ0v) is 12.9. The molecule has 1 rings (SSSR count). The van der Waals surface area contributed by atoms with Gasteiger partial charge in [-0.1, -0.05) is 0 Å². The van der Waals surface area contributed by atoms with Crippen LogP contribution in [0.3, 0.4) is 0 Å². The molecule has 2 N–H and O–H groups in total. The first-order valence-corrected chi connectivity index (χ1v) is 6.08. The van der Waals surface area contributed by atoms with Crippen molar-refractivity contribution in [3.8, 4) is 0 Å². The van der Waals surface area contributed by atoms with Crippen molar-refractivity contribution in [1.29, 1.82) is 0 Å². The zero-order chi connectivity index (χ0) is 14.3. The van der Waals surface area contributed by atoms with Gasteiger partial charge in [0.05, 0.1) is 19.4 Å². The average molecular weight is 307 g/mol. The fraction of sp³-hybridized carbons (Fsp3) is 0.667. The lowest BCUT2D eigenvalue weighted by Gasteiger charge is -2.24. The van der Waals surface area contributed by atoms with Crippen LogP contribution in [0.25, 0.3) is 0 Å². The van der Waals surface area contributed by atoms with Gasteiger partial charge in [0.1, 0.15) is 6.04 Å². The topological polar surface area (TPSA) is 82.6 Å². The van der Waals surface area contributed by atoms with Crippen LogP contribution in [0.1, 0.15) is 5.56 Å². The van der Waals surface area contributed by atoms with Crippen LogP contribution in [0.5, 0.6) is 0 Å². The Kier molecular flexibility index (Phi) is 9.15. The second kappa shape index (κ2) is 9.71. The molecule has 116 valence electrons. The van der Waals surface area contributed by atoms with E-state index in [2.05, 4.69) is 5.10 Å². The Morgan fingerprint density at radius 2 is 2.20 bits per heavy atom. The molecule has 1 heterocycles. The Morgan fingerprint density at radius 1 is 1.50 bits per heavy atom. The number of aromatic nitrogens is 2. The van der Waals surface area contributed by atoms with Gasteiger partial charge in [-0.15, -0.1) is 12.4 Å². The van der Waals surface area contributed by atoms with E-state index in [1.807, 2.05) is 13.2 Å². The summed E-state index contributed by atoms with van der Waals surface area (Å²) in [5.74, 6) is -0.150. The van der Waals surface area contributed by atoms with Crippen molar-refractivity contribution < 1.29 is 14.3 Å². The molecule has 0 unspecified atom stereocenters. The summed E-state index contributed by atoms with van der Waals surface area (Å²) in [6.07, 6.45) is 3.60. The molecular formula is C12H23ClN4O3. The molecule has 1 aromatic heterocycles. The van der Waals surface area contributed by atoms with Crippen molar-refractivity contribution in [3.63, 3.8) is 0 Å². The Bertz CT molecular complexity index is 400. The molecule has 1 aromatic rings. The molecule has 7 nitrogen and oxygen atoms in total. The molecular weight excluding hydrogens is 284 g/mol. The van der Waals surface area contributed by atoms with E-state index in [9.17, 15) is 4.79 Å². The SMILES string of the molecule is COCCN(Cc1cnn(C)c1)C(=O)[C@@H](N)COC.Cl. The van der Waals surface area contributed by atoms with Gasteiger partial charge in [-0.05, 0) is 0 Å². The molecule has 1 amide bonds. The van der Waals surface area contributed by atoms with Gasteiger partial charge in [-0.25, -0.2) is 0 Å². The number of carbonyl (C=O) groups excluding carboxylic acids is 1. The van der Waals surface area contributed by atoms with Crippen molar-refractivity contribution in [2.24, 2.45) is 12.8 Å². The summed E-state index contributed by atoms with van der Waals surface area (Å²) in [4.78, 5) is 13.8. The predicted molar refractivity (Wildman–Crippen MR) is 77.6 cm³/mol. The quantitative estimate of drug-likeness (QED) is 0.718. The maximum atomic E-state index is 12.2. The number of hydrogen-bond acceptors (Lipinski definition) is 5. The van der Waals surface area contributed by atoms with Crippen molar-refractivity contribution in [2.75, 3.05) is 34.0 Å². The van der Waals surface area contributed by atoms with Crippen LogP contribution in [-0.2, 0) is 27.9 Å². The number of methoxy groups -OCH3 is 2. The fourth-order valence-corrected chi connectivity index (χ4v) is 1.73. The number of hydrogen-bond donors (Lipinski definition) is 1. The number of amides is 1. The predicted octanol–water partition coefficient (Wildman–Crippen LogP) is -0.209. The van der Waals surface area contributed by atoms with Gasteiger partial charge in [0.15, 0.2) is 0 Å². The molecule has 0 aromatic carbocycles. The van der Waals surface area contributed by atoms with Gasteiger partial charge < -0.3 is 20.1 Å². The lowest BCUT2D eigenvalue weighted by molar-refractivity contribution is -0.135. The lowest BCUT2D eigenvalue weighted by Crippen LogP contribution is -2.46. The minimum atomic E-state index is -0.654. The smallest absolute Gasteiger partial charge is 0.242 e. The van der Waals surface area contributed by atoms with E-state index in [-0.39, 0.29) is 24.9 Å². The third-order valence-corrected chi connectivity index (χ3v) is 2.67. The summed E-state index contributed by atoms with van der Waals surface area (Å²) in [7, 11) is 4.96. The van der Waals surface area contributed by atoms with Gasteiger partial charge in [0, 0.05) is 46.1 Å². The molecule has 0 spiro atoms. The Labute approximate surface area is 125 Å². The van der Waals surface area contributed by atoms with Crippen LogP contribution >= 0.6 is 12.4 Å². The molecule has 0 aliphatic rings. The van der Waals surface area contributed by atoms with Crippen molar-refractivity contribution in [1.82, 2.24) is 14.7 Å². The third kappa shape index (κ3) is 5.87. The number of aryl methyl sites for hydroxylation is 1. The van der Waals surface area contributed by atoms with Gasteiger partial charge in [-0.2, -0.15) is 5.10 Å². The second-order valence-corrected chi connectivity index (χ2v) is 4.34. The number of nitrogens with zero attached hydrogens (tertiary/aromatic N) is 3. The van der Waals surface area contributed by atoms with Gasteiger partial charge in [0.25, 0.3) is 0 Å². The van der Waals surface area contributed by atoms with E-state index in [1.54, 1.807) is 22.9 Å². The molecule has 0 saturated heterocycles. The minimum Gasteiger partial charge on any atom is -0.383 e. The molecule has 0 aliphatic carbocycles. The first kappa shape index (κ1) is 18.9. The van der Waals surface area contributed by atoms with Gasteiger partial charge in [-0.3, -0.25) is 9.48 Å². The summed E-state index contributed by atoms with van der Waals surface area (Å²) in [6, 6.07) is -0.654. The van der Waals surface area contributed by atoms with Crippen molar-refractivity contribution in [2.45, 2.75) is 12.6 Å². The molecule has 0 fully saturated rings. The maximum absolute atomic E-state index is 12.2. The number of rotatable bonds is 8. The van der Waals surface area contributed by atoms with E-state index in [1.165, 1.54) is 7.11 Å². The maximum Gasteiger partial charge on any atom is 0.242 e. The molecule has 8 heteroatoms. The number of nitrogens with two attached hydrogens (primary N) is 1. The molecule has 20 heavy (non-hydrogen) atoms. The zero-order valence-electron chi connectivity index (χ0n) is 12.1. The average Bonchev–Trinajstić information content (AvgIpc) is 2.79. The Balaban J connectivity index is 0.00000361. The number of halogens is 1. The van der Waals surface area contributed by atoms with Gasteiger partial charge >= 0.3 is 0 Å². The van der Waals surface area contributed by atoms with Crippen LogP contribution in [0.4, 0.5) is 0 Å². The molecule has 1 atom stereocenters. The highest BCUT2D eigenvalue weighted by molar-refractivity contribution is 5.85. The van der Waals surface area contributed by atoms with Crippen molar-refractivity contribution in [3.05, 3.63) is 18.0 Å². The lowest BCUT2D eigenvalue weighted by atomic mass is 10.2. The number of ether oxygens (including phenoxy) is 2. The van der Waals surface area contributed by atoms with E-state index in [0.29, 0.717) is 19.7 Å². The summed E-state index contributed by atoms with van der Waals surface area (Å²) >= 11 is 0. The van der Waals surface area contributed by atoms with Crippen LogP contribution in [0.2, 0.25) is 0 Å². The largest absolute Gasteiger partial charge is 0.383 e. The van der Waals surface area contributed by atoms with Crippen LogP contribution in [-0.4, -0.2) is 60.6 Å². The van der Waals surface area contributed by atoms with E-state index in [0.717, 1.165) is 5.56 Å². The second-order valence-electron chi connectivity index (χ2n) is 4.34. The number of carbonyl (C=O) groups is 1. The Morgan fingerprint density at radius 3 is 2.70 bits per heavy atom. The van der Waals surface area contributed by atoms with Crippen LogP contribution in [0, 0.1) is 0 Å². The van der Waals surface area contributed by atoms with Crippen molar-refractivity contribution >= 4 is 18.3 Å². The Hall–Kier alpha value is -1.15. The van der Waals surface area contributed by atoms with Gasteiger partial charge in [0.2, 0.25) is 5.91 Å². The third-order valence-electron chi connectivity index (χ3n) is 2.67. The normalized spacial score (nSPS) is 11.8. The summed E-state index contributed by atoms with van der Waals surface area (Å²) < 4.78 is 11.6. The van der Waals surface area contributed by atoms with E-state index >= 15 is 0 Å². The first-order chi connectivity index (χ1) is 9.08. The molecule has 0 aliphatic heterocycles.